The van der Waals surface area contributed by atoms with Gasteiger partial charge in [0.1, 0.15) is 0 Å². The molecule has 3 rings (SSSR count). The number of halogens is 1. The van der Waals surface area contributed by atoms with Crippen molar-refractivity contribution in [1.82, 2.24) is 15.5 Å². The topological polar surface area (TPSA) is 53.6 Å². The Morgan fingerprint density at radius 2 is 2.09 bits per heavy atom. The van der Waals surface area contributed by atoms with Crippen molar-refractivity contribution in [1.29, 1.82) is 0 Å². The predicted octanol–water partition coefficient (Wildman–Crippen LogP) is 0.645. The maximum atomic E-state index is 11.8. The number of nitrogens with one attached hydrogen (secondary N) is 2. The van der Waals surface area contributed by atoms with Gasteiger partial charge in [-0.2, -0.15) is 0 Å². The van der Waals surface area contributed by atoms with Crippen molar-refractivity contribution in [3.63, 3.8) is 0 Å². The van der Waals surface area contributed by atoms with Crippen LogP contribution < -0.4 is 10.6 Å². The minimum Gasteiger partial charge on any atom is -0.374 e. The maximum absolute atomic E-state index is 11.8. The lowest BCUT2D eigenvalue weighted by Crippen LogP contribution is -2.53. The molecule has 0 aromatic heterocycles. The molecule has 2 saturated heterocycles. The van der Waals surface area contributed by atoms with E-state index < -0.39 is 0 Å². The summed E-state index contributed by atoms with van der Waals surface area (Å²) in [6.45, 7) is 5.72. The number of benzene rings is 1. The summed E-state index contributed by atoms with van der Waals surface area (Å²) in [7, 11) is 0. The average Bonchev–Trinajstić information content (AvgIpc) is 2.45. The first kappa shape index (κ1) is 17.2. The minimum absolute atomic E-state index is 0. The van der Waals surface area contributed by atoms with Crippen LogP contribution in [0.5, 0.6) is 0 Å². The summed E-state index contributed by atoms with van der Waals surface area (Å²) >= 11 is 0. The van der Waals surface area contributed by atoms with Crippen LogP contribution in [0.3, 0.4) is 0 Å². The lowest BCUT2D eigenvalue weighted by atomic mass is 10.0. The number of ether oxygens (including phenoxy) is 1. The first-order valence-electron chi connectivity index (χ1n) is 7.67. The molecule has 0 radical (unpaired) electrons. The van der Waals surface area contributed by atoms with Crippen molar-refractivity contribution in [3.05, 3.63) is 35.9 Å². The van der Waals surface area contributed by atoms with Gasteiger partial charge < -0.3 is 15.4 Å². The highest BCUT2D eigenvalue weighted by atomic mass is 35.5. The van der Waals surface area contributed by atoms with Gasteiger partial charge in [-0.25, -0.2) is 0 Å². The number of carbonyl (C=O) groups excluding carboxylic acids is 1. The lowest BCUT2D eigenvalue weighted by molar-refractivity contribution is -0.127. The molecule has 0 saturated carbocycles. The Morgan fingerprint density at radius 3 is 2.77 bits per heavy atom. The second-order valence-electron chi connectivity index (χ2n) is 5.81. The quantitative estimate of drug-likeness (QED) is 0.834. The largest absolute Gasteiger partial charge is 0.374 e. The monoisotopic (exact) mass is 325 g/mol. The molecule has 2 aliphatic rings. The third kappa shape index (κ3) is 4.68. The number of nitrogens with zero attached hydrogens (tertiary/aromatic N) is 1. The van der Waals surface area contributed by atoms with E-state index in [2.05, 4.69) is 39.8 Å². The fraction of sp³-hybridized carbons (Fsp3) is 0.562. The van der Waals surface area contributed by atoms with Gasteiger partial charge in [0.15, 0.2) is 0 Å². The molecule has 0 bridgehead atoms. The van der Waals surface area contributed by atoms with Crippen molar-refractivity contribution < 1.29 is 9.53 Å². The average molecular weight is 326 g/mol. The molecular weight excluding hydrogens is 302 g/mol. The molecule has 1 atom stereocenters. The van der Waals surface area contributed by atoms with Crippen LogP contribution in [0.2, 0.25) is 0 Å². The number of morpholine rings is 1. The molecular formula is C16H24ClN3O2. The fourth-order valence-electron chi connectivity index (χ4n) is 2.72. The van der Waals surface area contributed by atoms with E-state index in [4.69, 9.17) is 4.74 Å². The Hall–Kier alpha value is -1.14. The lowest BCUT2D eigenvalue weighted by Gasteiger charge is -2.33. The van der Waals surface area contributed by atoms with E-state index in [1.165, 1.54) is 5.56 Å². The highest BCUT2D eigenvalue weighted by Gasteiger charge is 2.26. The minimum atomic E-state index is 0. The molecule has 2 N–H and O–H groups in total. The molecule has 22 heavy (non-hydrogen) atoms. The van der Waals surface area contributed by atoms with E-state index in [9.17, 15) is 4.79 Å². The zero-order chi connectivity index (χ0) is 14.5. The normalized spacial score (nSPS) is 22.5. The smallest absolute Gasteiger partial charge is 0.225 e. The van der Waals surface area contributed by atoms with Gasteiger partial charge in [0.2, 0.25) is 5.91 Å². The molecule has 1 unspecified atom stereocenters. The number of rotatable bonds is 5. The third-order valence-corrected chi connectivity index (χ3v) is 4.13. The predicted molar refractivity (Wildman–Crippen MR) is 88.1 cm³/mol. The first-order chi connectivity index (χ1) is 10.3. The van der Waals surface area contributed by atoms with Crippen LogP contribution in [0.15, 0.2) is 30.3 Å². The first-order valence-corrected chi connectivity index (χ1v) is 7.67. The standard InChI is InChI=1S/C16H23N3O2.ClH/c20-16(14-8-17-9-14)18-10-15-12-19(6-7-21-15)11-13-4-2-1-3-5-13;/h1-5,14-15,17H,6-12H2,(H,18,20);1H. The summed E-state index contributed by atoms with van der Waals surface area (Å²) in [6, 6.07) is 10.5. The van der Waals surface area contributed by atoms with Gasteiger partial charge in [-0.15, -0.1) is 12.4 Å². The Balaban J connectivity index is 0.00000176. The fourth-order valence-corrected chi connectivity index (χ4v) is 2.72. The van der Waals surface area contributed by atoms with Gasteiger partial charge in [-0.05, 0) is 5.56 Å². The van der Waals surface area contributed by atoms with Crippen LogP contribution in [-0.4, -0.2) is 56.2 Å². The van der Waals surface area contributed by atoms with Gasteiger partial charge in [-0.1, -0.05) is 30.3 Å². The van der Waals surface area contributed by atoms with E-state index in [1.807, 2.05) is 6.07 Å². The second-order valence-corrected chi connectivity index (χ2v) is 5.81. The number of amides is 1. The van der Waals surface area contributed by atoms with Crippen LogP contribution >= 0.6 is 12.4 Å². The summed E-state index contributed by atoms with van der Waals surface area (Å²) in [4.78, 5) is 14.2. The molecule has 1 amide bonds. The molecule has 6 heteroatoms. The Bertz CT molecular complexity index is 468. The summed E-state index contributed by atoms with van der Waals surface area (Å²) in [6.07, 6.45) is 0.0967. The zero-order valence-electron chi connectivity index (χ0n) is 12.7. The molecule has 0 spiro atoms. The Morgan fingerprint density at radius 1 is 1.32 bits per heavy atom. The Labute approximate surface area is 137 Å². The molecule has 0 aliphatic carbocycles. The molecule has 2 fully saturated rings. The Kier molecular flexibility index (Phi) is 6.64. The third-order valence-electron chi connectivity index (χ3n) is 4.13. The van der Waals surface area contributed by atoms with Crippen LogP contribution in [0.4, 0.5) is 0 Å². The van der Waals surface area contributed by atoms with Crippen LogP contribution in [0.1, 0.15) is 5.56 Å². The molecule has 2 aliphatic heterocycles. The van der Waals surface area contributed by atoms with Crippen molar-refractivity contribution in [2.24, 2.45) is 5.92 Å². The van der Waals surface area contributed by atoms with Crippen molar-refractivity contribution in [2.45, 2.75) is 12.6 Å². The van der Waals surface area contributed by atoms with E-state index in [1.54, 1.807) is 0 Å². The van der Waals surface area contributed by atoms with Gasteiger partial charge in [0.25, 0.3) is 0 Å². The zero-order valence-corrected chi connectivity index (χ0v) is 13.5. The van der Waals surface area contributed by atoms with Gasteiger partial charge in [-0.3, -0.25) is 9.69 Å². The van der Waals surface area contributed by atoms with E-state index in [-0.39, 0.29) is 30.3 Å². The van der Waals surface area contributed by atoms with Gasteiger partial charge in [0, 0.05) is 39.3 Å². The van der Waals surface area contributed by atoms with Gasteiger partial charge >= 0.3 is 0 Å². The number of hydrogen-bond donors (Lipinski definition) is 2. The molecule has 5 nitrogen and oxygen atoms in total. The summed E-state index contributed by atoms with van der Waals surface area (Å²) in [5.74, 6) is 0.298. The van der Waals surface area contributed by atoms with Crippen LogP contribution in [0.25, 0.3) is 0 Å². The highest BCUT2D eigenvalue weighted by Crippen LogP contribution is 2.10. The summed E-state index contributed by atoms with van der Waals surface area (Å²) in [5, 5.41) is 6.12. The highest BCUT2D eigenvalue weighted by molar-refractivity contribution is 5.85. The van der Waals surface area contributed by atoms with Crippen molar-refractivity contribution in [2.75, 3.05) is 39.3 Å². The van der Waals surface area contributed by atoms with E-state index in [0.717, 1.165) is 39.3 Å². The maximum Gasteiger partial charge on any atom is 0.225 e. The second kappa shape index (κ2) is 8.48. The molecule has 122 valence electrons. The molecule has 1 aromatic carbocycles. The molecule has 1 aromatic rings. The van der Waals surface area contributed by atoms with Crippen LogP contribution in [0, 0.1) is 5.92 Å². The van der Waals surface area contributed by atoms with Crippen molar-refractivity contribution in [3.8, 4) is 0 Å². The van der Waals surface area contributed by atoms with Crippen molar-refractivity contribution >= 4 is 18.3 Å². The van der Waals surface area contributed by atoms with E-state index in [0.29, 0.717) is 6.54 Å². The van der Waals surface area contributed by atoms with Crippen LogP contribution in [-0.2, 0) is 16.1 Å². The molecule has 2 heterocycles. The SMILES string of the molecule is Cl.O=C(NCC1CN(Cc2ccccc2)CCO1)C1CNC1. The summed E-state index contributed by atoms with van der Waals surface area (Å²) in [5.41, 5.74) is 1.32. The van der Waals surface area contributed by atoms with Gasteiger partial charge in [0.05, 0.1) is 18.6 Å². The summed E-state index contributed by atoms with van der Waals surface area (Å²) < 4.78 is 5.76. The number of carbonyl (C=O) groups is 1. The van der Waals surface area contributed by atoms with E-state index >= 15 is 0 Å². The number of hydrogen-bond acceptors (Lipinski definition) is 4.